The average molecular weight is 348 g/mol. The highest BCUT2D eigenvalue weighted by Crippen LogP contribution is 2.65. The summed E-state index contributed by atoms with van der Waals surface area (Å²) < 4.78 is 6.34. The van der Waals surface area contributed by atoms with Crippen molar-refractivity contribution >= 4 is 11.7 Å². The Morgan fingerprint density at radius 2 is 2.15 bits per heavy atom. The third kappa shape index (κ3) is 2.34. The largest absolute Gasteiger partial charge is 0.486 e. The predicted molar refractivity (Wildman–Crippen MR) is 94.5 cm³/mol. The molecule has 1 amide bonds. The minimum Gasteiger partial charge on any atom is -0.486 e. The Balaban J connectivity index is 1.31. The summed E-state index contributed by atoms with van der Waals surface area (Å²) in [5, 5.41) is 3.02. The van der Waals surface area contributed by atoms with Crippen LogP contribution in [-0.2, 0) is 11.3 Å². The molecule has 0 unspecified atom stereocenters. The SMILES string of the molecule is O=C1C[C@@]2(CC[C@@H]3[C@@H](C(=O)NCc4cccnc4)[C@@H]32)Oc2ccccc21. The Labute approximate surface area is 151 Å². The van der Waals surface area contributed by atoms with Gasteiger partial charge in [-0.3, -0.25) is 14.6 Å². The molecule has 0 bridgehead atoms. The monoisotopic (exact) mass is 348 g/mol. The van der Waals surface area contributed by atoms with Crippen molar-refractivity contribution in [2.45, 2.75) is 31.4 Å². The summed E-state index contributed by atoms with van der Waals surface area (Å²) in [6, 6.07) is 11.2. The van der Waals surface area contributed by atoms with E-state index in [9.17, 15) is 9.59 Å². The van der Waals surface area contributed by atoms with Crippen LogP contribution in [0.2, 0.25) is 0 Å². The van der Waals surface area contributed by atoms with Crippen molar-refractivity contribution in [2.75, 3.05) is 0 Å². The molecule has 0 radical (unpaired) electrons. The smallest absolute Gasteiger partial charge is 0.224 e. The molecule has 2 aliphatic carbocycles. The van der Waals surface area contributed by atoms with Crippen molar-refractivity contribution in [3.63, 3.8) is 0 Å². The summed E-state index contributed by atoms with van der Waals surface area (Å²) in [5.41, 5.74) is 1.16. The standard InChI is InChI=1S/C21H20N2O3/c24-16-10-21(26-17-6-2-1-5-14(16)17)8-7-15-18(19(15)21)20(25)23-12-13-4-3-9-22-11-13/h1-6,9,11,15,18-19H,7-8,10,12H2,(H,23,25)/t15-,18-,19-,21-/m1/s1. The molecular weight excluding hydrogens is 328 g/mol. The highest BCUT2D eigenvalue weighted by Gasteiger charge is 2.70. The Morgan fingerprint density at radius 3 is 3.00 bits per heavy atom. The first-order chi connectivity index (χ1) is 12.7. The number of para-hydroxylation sites is 1. The van der Waals surface area contributed by atoms with E-state index in [0.29, 0.717) is 30.2 Å². The molecular formula is C21H20N2O3. The van der Waals surface area contributed by atoms with Gasteiger partial charge in [-0.15, -0.1) is 0 Å². The minimum absolute atomic E-state index is 0.0431. The second-order valence-corrected chi connectivity index (χ2v) is 7.60. The van der Waals surface area contributed by atoms with Crippen LogP contribution < -0.4 is 10.1 Å². The lowest BCUT2D eigenvalue weighted by atomic mass is 9.84. The van der Waals surface area contributed by atoms with Crippen LogP contribution >= 0.6 is 0 Å². The maximum absolute atomic E-state index is 12.7. The van der Waals surface area contributed by atoms with Gasteiger partial charge in [0.05, 0.1) is 12.0 Å². The van der Waals surface area contributed by atoms with Crippen molar-refractivity contribution < 1.29 is 14.3 Å². The van der Waals surface area contributed by atoms with Crippen LogP contribution in [0.5, 0.6) is 5.75 Å². The number of pyridine rings is 1. The number of hydrogen-bond donors (Lipinski definition) is 1. The maximum atomic E-state index is 12.7. The molecule has 2 saturated carbocycles. The first-order valence-electron chi connectivity index (χ1n) is 9.16. The van der Waals surface area contributed by atoms with Gasteiger partial charge < -0.3 is 10.1 Å². The van der Waals surface area contributed by atoms with Crippen LogP contribution in [0, 0.1) is 17.8 Å². The maximum Gasteiger partial charge on any atom is 0.224 e. The van der Waals surface area contributed by atoms with E-state index in [1.807, 2.05) is 36.4 Å². The van der Waals surface area contributed by atoms with Crippen molar-refractivity contribution in [1.29, 1.82) is 0 Å². The van der Waals surface area contributed by atoms with Gasteiger partial charge in [0.1, 0.15) is 11.4 Å². The second-order valence-electron chi connectivity index (χ2n) is 7.60. The van der Waals surface area contributed by atoms with E-state index in [1.165, 1.54) is 0 Å². The second kappa shape index (κ2) is 5.66. The quantitative estimate of drug-likeness (QED) is 0.926. The molecule has 1 aromatic carbocycles. The highest BCUT2D eigenvalue weighted by molar-refractivity contribution is 6.00. The molecule has 5 rings (SSSR count). The van der Waals surface area contributed by atoms with Crippen molar-refractivity contribution in [3.8, 4) is 5.75 Å². The number of nitrogens with zero attached hydrogens (tertiary/aromatic N) is 1. The molecule has 132 valence electrons. The minimum atomic E-state index is -0.494. The van der Waals surface area contributed by atoms with Gasteiger partial charge in [0.15, 0.2) is 5.78 Å². The van der Waals surface area contributed by atoms with Gasteiger partial charge in [-0.2, -0.15) is 0 Å². The molecule has 2 heterocycles. The fraction of sp³-hybridized carbons (Fsp3) is 0.381. The number of aromatic nitrogens is 1. The lowest BCUT2D eigenvalue weighted by Crippen LogP contribution is -2.44. The lowest BCUT2D eigenvalue weighted by Gasteiger charge is -2.37. The molecule has 5 nitrogen and oxygen atoms in total. The molecule has 4 atom stereocenters. The summed E-state index contributed by atoms with van der Waals surface area (Å²) in [4.78, 5) is 29.4. The van der Waals surface area contributed by atoms with Gasteiger partial charge in [0.25, 0.3) is 0 Å². The van der Waals surface area contributed by atoms with Gasteiger partial charge in [-0.25, -0.2) is 0 Å². The number of ketones is 1. The number of Topliss-reactive ketones (excluding diaryl/α,β-unsaturated/α-hetero) is 1. The molecule has 2 aromatic rings. The Morgan fingerprint density at radius 1 is 1.27 bits per heavy atom. The van der Waals surface area contributed by atoms with E-state index in [2.05, 4.69) is 10.3 Å². The summed E-state index contributed by atoms with van der Waals surface area (Å²) in [5.74, 6) is 1.31. The molecule has 3 aliphatic rings. The number of nitrogens with one attached hydrogen (secondary N) is 1. The number of carbonyl (C=O) groups excluding carboxylic acids is 2. The fourth-order valence-electron chi connectivity index (χ4n) is 4.93. The van der Waals surface area contributed by atoms with E-state index in [4.69, 9.17) is 4.74 Å². The van der Waals surface area contributed by atoms with Gasteiger partial charge >= 0.3 is 0 Å². The van der Waals surface area contributed by atoms with E-state index in [1.54, 1.807) is 12.4 Å². The molecule has 5 heteroatoms. The normalized spacial score (nSPS) is 31.1. The number of ether oxygens (including phenoxy) is 1. The zero-order chi connectivity index (χ0) is 17.7. The van der Waals surface area contributed by atoms with Crippen LogP contribution in [0.4, 0.5) is 0 Å². The van der Waals surface area contributed by atoms with Crippen LogP contribution in [0.3, 0.4) is 0 Å². The number of hydrogen-bond acceptors (Lipinski definition) is 4. The van der Waals surface area contributed by atoms with Crippen molar-refractivity contribution in [1.82, 2.24) is 10.3 Å². The predicted octanol–water partition coefficient (Wildman–Crippen LogP) is 2.76. The molecule has 1 aromatic heterocycles. The molecule has 0 saturated heterocycles. The third-order valence-corrected chi connectivity index (χ3v) is 6.13. The molecule has 2 fully saturated rings. The summed E-state index contributed by atoms with van der Waals surface area (Å²) in [6.07, 6.45) is 5.67. The molecule has 26 heavy (non-hydrogen) atoms. The van der Waals surface area contributed by atoms with E-state index < -0.39 is 5.60 Å². The number of fused-ring (bicyclic) bond motifs is 3. The van der Waals surface area contributed by atoms with Gasteiger partial charge in [-0.1, -0.05) is 18.2 Å². The number of carbonyl (C=O) groups is 2. The van der Waals surface area contributed by atoms with E-state index in [0.717, 1.165) is 18.4 Å². The van der Waals surface area contributed by atoms with Crippen LogP contribution in [-0.4, -0.2) is 22.3 Å². The first kappa shape index (κ1) is 15.6. The topological polar surface area (TPSA) is 68.3 Å². The summed E-state index contributed by atoms with van der Waals surface area (Å²) in [7, 11) is 0. The van der Waals surface area contributed by atoms with E-state index in [-0.39, 0.29) is 23.5 Å². The van der Waals surface area contributed by atoms with E-state index >= 15 is 0 Å². The summed E-state index contributed by atoms with van der Waals surface area (Å²) >= 11 is 0. The first-order valence-corrected chi connectivity index (χ1v) is 9.16. The molecule has 1 N–H and O–H groups in total. The van der Waals surface area contributed by atoms with Gasteiger partial charge in [0.2, 0.25) is 5.91 Å². The van der Waals surface area contributed by atoms with Crippen LogP contribution in [0.25, 0.3) is 0 Å². The molecule has 1 spiro atoms. The number of benzene rings is 1. The summed E-state index contributed by atoms with van der Waals surface area (Å²) in [6.45, 7) is 0.484. The zero-order valence-electron chi connectivity index (χ0n) is 14.4. The molecule has 1 aliphatic heterocycles. The van der Waals surface area contributed by atoms with Gasteiger partial charge in [0, 0.05) is 30.8 Å². The zero-order valence-corrected chi connectivity index (χ0v) is 14.4. The average Bonchev–Trinajstić information content (AvgIpc) is 3.32. The Bertz CT molecular complexity index is 882. The Kier molecular flexibility index (Phi) is 3.39. The van der Waals surface area contributed by atoms with Crippen molar-refractivity contribution in [2.24, 2.45) is 17.8 Å². The third-order valence-electron chi connectivity index (χ3n) is 6.13. The Hall–Kier alpha value is -2.69. The fourth-order valence-corrected chi connectivity index (χ4v) is 4.93. The lowest BCUT2D eigenvalue weighted by molar-refractivity contribution is -0.124. The van der Waals surface area contributed by atoms with Gasteiger partial charge in [-0.05, 0) is 42.5 Å². The number of rotatable bonds is 3. The highest BCUT2D eigenvalue weighted by atomic mass is 16.5. The van der Waals surface area contributed by atoms with Crippen molar-refractivity contribution in [3.05, 3.63) is 59.9 Å². The number of amides is 1. The van der Waals surface area contributed by atoms with Crippen LogP contribution in [0.1, 0.15) is 35.2 Å². The van der Waals surface area contributed by atoms with Crippen LogP contribution in [0.15, 0.2) is 48.8 Å².